The molecule has 0 bridgehead atoms. The number of halogens is 1. The SMILES string of the molecule is OC1CN(Cc2ccc(F)c3cccnc23)CC1O. The van der Waals surface area contributed by atoms with Crippen LogP contribution in [0.25, 0.3) is 10.9 Å². The molecule has 5 heteroatoms. The molecule has 100 valence electrons. The Bertz CT molecular complexity index is 595. The van der Waals surface area contributed by atoms with Crippen molar-refractivity contribution in [1.29, 1.82) is 0 Å². The zero-order chi connectivity index (χ0) is 13.4. The smallest absolute Gasteiger partial charge is 0.132 e. The summed E-state index contributed by atoms with van der Waals surface area (Å²) in [7, 11) is 0. The van der Waals surface area contributed by atoms with Crippen LogP contribution >= 0.6 is 0 Å². The predicted octanol–water partition coefficient (Wildman–Crippen LogP) is 0.911. The minimum atomic E-state index is -0.709. The van der Waals surface area contributed by atoms with Crippen LogP contribution in [0, 0.1) is 5.82 Å². The maximum atomic E-state index is 13.7. The van der Waals surface area contributed by atoms with Gasteiger partial charge >= 0.3 is 0 Å². The molecular weight excluding hydrogens is 247 g/mol. The molecule has 2 aromatic rings. The van der Waals surface area contributed by atoms with Crippen molar-refractivity contribution in [3.63, 3.8) is 0 Å². The van der Waals surface area contributed by atoms with E-state index in [9.17, 15) is 14.6 Å². The molecule has 1 aliphatic heterocycles. The summed E-state index contributed by atoms with van der Waals surface area (Å²) in [6, 6.07) is 6.55. The average Bonchev–Trinajstić information content (AvgIpc) is 2.72. The molecule has 1 aromatic carbocycles. The van der Waals surface area contributed by atoms with Crippen LogP contribution in [0.15, 0.2) is 30.5 Å². The highest BCUT2D eigenvalue weighted by Gasteiger charge is 2.29. The first kappa shape index (κ1) is 12.5. The Balaban J connectivity index is 1.92. The highest BCUT2D eigenvalue weighted by atomic mass is 19.1. The molecule has 0 radical (unpaired) electrons. The number of pyridine rings is 1. The molecule has 1 saturated heterocycles. The summed E-state index contributed by atoms with van der Waals surface area (Å²) in [5.41, 5.74) is 1.54. The number of hydrogen-bond donors (Lipinski definition) is 2. The Hall–Kier alpha value is -1.56. The van der Waals surface area contributed by atoms with Crippen LogP contribution in [0.5, 0.6) is 0 Å². The van der Waals surface area contributed by atoms with Gasteiger partial charge in [-0.15, -0.1) is 0 Å². The van der Waals surface area contributed by atoms with Crippen LogP contribution < -0.4 is 0 Å². The molecule has 4 nitrogen and oxygen atoms in total. The number of aromatic nitrogens is 1. The third-order valence-electron chi connectivity index (χ3n) is 3.53. The van der Waals surface area contributed by atoms with E-state index < -0.39 is 12.2 Å². The molecule has 1 aromatic heterocycles. The van der Waals surface area contributed by atoms with Gasteiger partial charge in [-0.2, -0.15) is 0 Å². The fraction of sp³-hybridized carbons (Fsp3) is 0.357. The van der Waals surface area contributed by atoms with Gasteiger partial charge in [-0.05, 0) is 23.8 Å². The minimum Gasteiger partial charge on any atom is -0.389 e. The molecular formula is C14H15FN2O2. The van der Waals surface area contributed by atoms with Crippen molar-refractivity contribution < 1.29 is 14.6 Å². The summed E-state index contributed by atoms with van der Waals surface area (Å²) < 4.78 is 13.7. The minimum absolute atomic E-state index is 0.284. The summed E-state index contributed by atoms with van der Waals surface area (Å²) >= 11 is 0. The van der Waals surface area contributed by atoms with E-state index in [1.807, 2.05) is 4.90 Å². The Labute approximate surface area is 110 Å². The van der Waals surface area contributed by atoms with Gasteiger partial charge in [-0.3, -0.25) is 9.88 Å². The van der Waals surface area contributed by atoms with Crippen LogP contribution in [0.1, 0.15) is 5.56 Å². The van der Waals surface area contributed by atoms with E-state index in [0.29, 0.717) is 30.5 Å². The van der Waals surface area contributed by atoms with Crippen LogP contribution in [0.3, 0.4) is 0 Å². The molecule has 2 heterocycles. The van der Waals surface area contributed by atoms with E-state index in [1.165, 1.54) is 6.07 Å². The van der Waals surface area contributed by atoms with E-state index in [1.54, 1.807) is 24.4 Å². The summed E-state index contributed by atoms with van der Waals surface area (Å²) in [5.74, 6) is -0.284. The zero-order valence-corrected chi connectivity index (χ0v) is 10.3. The lowest BCUT2D eigenvalue weighted by Crippen LogP contribution is -2.22. The molecule has 0 aliphatic carbocycles. The normalized spacial score (nSPS) is 24.2. The van der Waals surface area contributed by atoms with Crippen molar-refractivity contribution in [3.8, 4) is 0 Å². The Morgan fingerprint density at radius 2 is 1.95 bits per heavy atom. The van der Waals surface area contributed by atoms with Crippen molar-refractivity contribution in [1.82, 2.24) is 9.88 Å². The highest BCUT2D eigenvalue weighted by molar-refractivity contribution is 5.82. The van der Waals surface area contributed by atoms with Crippen molar-refractivity contribution >= 4 is 10.9 Å². The van der Waals surface area contributed by atoms with Gasteiger partial charge in [-0.25, -0.2) is 4.39 Å². The quantitative estimate of drug-likeness (QED) is 0.844. The molecule has 19 heavy (non-hydrogen) atoms. The molecule has 0 saturated carbocycles. The highest BCUT2D eigenvalue weighted by Crippen LogP contribution is 2.22. The Morgan fingerprint density at radius 3 is 2.68 bits per heavy atom. The third-order valence-corrected chi connectivity index (χ3v) is 3.53. The average molecular weight is 262 g/mol. The van der Waals surface area contributed by atoms with Crippen molar-refractivity contribution in [3.05, 3.63) is 41.8 Å². The largest absolute Gasteiger partial charge is 0.389 e. The van der Waals surface area contributed by atoms with Crippen molar-refractivity contribution in [2.24, 2.45) is 0 Å². The third kappa shape index (κ3) is 2.32. The van der Waals surface area contributed by atoms with Gasteiger partial charge in [0.1, 0.15) is 5.82 Å². The van der Waals surface area contributed by atoms with Gasteiger partial charge in [0.15, 0.2) is 0 Å². The lowest BCUT2D eigenvalue weighted by molar-refractivity contribution is 0.0572. The number of fused-ring (bicyclic) bond motifs is 1. The van der Waals surface area contributed by atoms with E-state index in [2.05, 4.69) is 4.98 Å². The van der Waals surface area contributed by atoms with Gasteiger partial charge in [0.2, 0.25) is 0 Å². The van der Waals surface area contributed by atoms with Gasteiger partial charge in [0, 0.05) is 31.2 Å². The summed E-state index contributed by atoms with van der Waals surface area (Å²) in [4.78, 5) is 6.17. The number of hydrogen-bond acceptors (Lipinski definition) is 4. The summed E-state index contributed by atoms with van der Waals surface area (Å²) in [6.45, 7) is 1.39. The van der Waals surface area contributed by atoms with Gasteiger partial charge in [0.25, 0.3) is 0 Å². The van der Waals surface area contributed by atoms with Crippen molar-refractivity contribution in [2.45, 2.75) is 18.8 Å². The van der Waals surface area contributed by atoms with Gasteiger partial charge in [0.05, 0.1) is 17.7 Å². The number of benzene rings is 1. The topological polar surface area (TPSA) is 56.6 Å². The summed E-state index contributed by atoms with van der Waals surface area (Å²) in [5, 5.41) is 19.6. The van der Waals surface area contributed by atoms with E-state index >= 15 is 0 Å². The van der Waals surface area contributed by atoms with Gasteiger partial charge in [-0.1, -0.05) is 6.07 Å². The first-order valence-electron chi connectivity index (χ1n) is 6.26. The number of nitrogens with zero attached hydrogens (tertiary/aromatic N) is 2. The Kier molecular flexibility index (Phi) is 3.18. The second-order valence-electron chi connectivity index (χ2n) is 4.93. The first-order chi connectivity index (χ1) is 9.15. The maximum absolute atomic E-state index is 13.7. The molecule has 0 amide bonds. The lowest BCUT2D eigenvalue weighted by Gasteiger charge is -2.16. The van der Waals surface area contributed by atoms with Crippen LogP contribution in [-0.4, -0.2) is 45.4 Å². The molecule has 2 unspecified atom stereocenters. The second kappa shape index (κ2) is 4.85. The number of aliphatic hydroxyl groups excluding tert-OH is 2. The summed E-state index contributed by atoms with van der Waals surface area (Å²) in [6.07, 6.45) is 0.221. The monoisotopic (exact) mass is 262 g/mol. The van der Waals surface area contributed by atoms with Gasteiger partial charge < -0.3 is 10.2 Å². The number of β-amino-alcohol motifs (C(OH)–C–C–N with tert-alkyl or cyclic N) is 2. The predicted molar refractivity (Wildman–Crippen MR) is 69.0 cm³/mol. The first-order valence-corrected chi connectivity index (χ1v) is 6.26. The fourth-order valence-corrected chi connectivity index (χ4v) is 2.54. The second-order valence-corrected chi connectivity index (χ2v) is 4.93. The maximum Gasteiger partial charge on any atom is 0.132 e. The van der Waals surface area contributed by atoms with E-state index in [4.69, 9.17) is 0 Å². The lowest BCUT2D eigenvalue weighted by atomic mass is 10.1. The molecule has 2 N–H and O–H groups in total. The van der Waals surface area contributed by atoms with Crippen LogP contribution in [-0.2, 0) is 6.54 Å². The van der Waals surface area contributed by atoms with E-state index in [-0.39, 0.29) is 5.82 Å². The van der Waals surface area contributed by atoms with Crippen molar-refractivity contribution in [2.75, 3.05) is 13.1 Å². The Morgan fingerprint density at radius 1 is 1.21 bits per heavy atom. The standard InChI is InChI=1S/C14H15FN2O2/c15-11-4-3-9(14-10(11)2-1-5-16-14)6-17-7-12(18)13(19)8-17/h1-5,12-13,18-19H,6-8H2. The number of rotatable bonds is 2. The molecule has 0 spiro atoms. The van der Waals surface area contributed by atoms with Crippen LogP contribution in [0.4, 0.5) is 4.39 Å². The molecule has 1 aliphatic rings. The van der Waals surface area contributed by atoms with Crippen LogP contribution in [0.2, 0.25) is 0 Å². The zero-order valence-electron chi connectivity index (χ0n) is 10.3. The number of aliphatic hydroxyl groups is 2. The fourth-order valence-electron chi connectivity index (χ4n) is 2.54. The molecule has 3 rings (SSSR count). The molecule has 2 atom stereocenters. The number of likely N-dealkylation sites (tertiary alicyclic amines) is 1. The van der Waals surface area contributed by atoms with E-state index in [0.717, 1.165) is 5.56 Å². The molecule has 1 fully saturated rings.